The predicted octanol–water partition coefficient (Wildman–Crippen LogP) is 29.3. The van der Waals surface area contributed by atoms with Crippen LogP contribution in [0.1, 0.15) is 0 Å². The molecule has 0 N–H and O–H groups in total. The van der Waals surface area contributed by atoms with Crippen LogP contribution in [0.2, 0.25) is 0 Å². The van der Waals surface area contributed by atoms with Crippen molar-refractivity contribution in [2.24, 2.45) is 0 Å². The largest absolute Gasteiger partial charge is 0.309 e. The highest BCUT2D eigenvalue weighted by Crippen LogP contribution is 2.45. The highest BCUT2D eigenvalue weighted by atomic mass is 15.0. The second kappa shape index (κ2) is 26.1. The van der Waals surface area contributed by atoms with Gasteiger partial charge in [0.25, 0.3) is 0 Å². The van der Waals surface area contributed by atoms with Crippen molar-refractivity contribution in [1.82, 2.24) is 27.4 Å². The summed E-state index contributed by atoms with van der Waals surface area (Å²) in [4.78, 5) is 0. The number of hydrogen-bond donors (Lipinski definition) is 0. The fraction of sp³-hybridized carbons (Fsp3) is 0. The summed E-state index contributed by atoms with van der Waals surface area (Å²) < 4.78 is 14.5. The van der Waals surface area contributed by atoms with E-state index in [9.17, 15) is 0 Å². The fourth-order valence-corrected chi connectivity index (χ4v) is 19.3. The van der Waals surface area contributed by atoms with E-state index in [0.717, 1.165) is 11.4 Å². The van der Waals surface area contributed by atoms with Gasteiger partial charge in [-0.1, -0.05) is 261 Å². The smallest absolute Gasteiger partial charge is 0.0542 e. The number of hydrogen-bond acceptors (Lipinski definition) is 0. The average molecular weight is 1480 g/mol. The third kappa shape index (κ3) is 10.1. The van der Waals surface area contributed by atoms with Crippen LogP contribution in [0.3, 0.4) is 0 Å². The third-order valence-corrected chi connectivity index (χ3v) is 24.4. The molecule has 0 amide bonds. The van der Waals surface area contributed by atoms with E-state index < -0.39 is 0 Å². The van der Waals surface area contributed by atoms with Crippen LogP contribution in [0.25, 0.3) is 220 Å². The van der Waals surface area contributed by atoms with Crippen LogP contribution >= 0.6 is 0 Å². The first-order chi connectivity index (χ1) is 57.6. The van der Waals surface area contributed by atoms with Crippen LogP contribution in [0.4, 0.5) is 0 Å². The van der Waals surface area contributed by atoms with Gasteiger partial charge in [-0.15, -0.1) is 0 Å². The van der Waals surface area contributed by atoms with Crippen LogP contribution in [-0.4, -0.2) is 27.4 Å². The third-order valence-electron chi connectivity index (χ3n) is 24.4. The minimum atomic E-state index is 1.15. The number of fused-ring (bicyclic) bond motifs is 20. The molecule has 116 heavy (non-hydrogen) atoms. The molecule has 0 aliphatic carbocycles. The Hall–Kier alpha value is -15.5. The molecule has 0 unspecified atom stereocenters. The van der Waals surface area contributed by atoms with E-state index in [-0.39, 0.29) is 0 Å². The molecular formula is C110H70N6. The van der Waals surface area contributed by atoms with Gasteiger partial charge in [-0.3, -0.25) is 0 Å². The molecule has 0 saturated carbocycles. The van der Waals surface area contributed by atoms with E-state index in [1.807, 2.05) is 0 Å². The van der Waals surface area contributed by atoms with Gasteiger partial charge < -0.3 is 27.4 Å². The van der Waals surface area contributed by atoms with Gasteiger partial charge >= 0.3 is 0 Å². The van der Waals surface area contributed by atoms with Gasteiger partial charge in [0, 0.05) is 98.2 Å². The van der Waals surface area contributed by atoms with Gasteiger partial charge in [-0.2, -0.15) is 0 Å². The van der Waals surface area contributed by atoms with E-state index in [1.54, 1.807) is 0 Å². The van der Waals surface area contributed by atoms with Crippen molar-refractivity contribution >= 4 is 152 Å². The Bertz CT molecular complexity index is 8320. The molecule has 25 aromatic rings. The molecular weight excluding hydrogens is 1410 g/mol. The lowest BCUT2D eigenvalue weighted by atomic mass is 10.0. The molecule has 6 heteroatoms. The Morgan fingerprint density at radius 1 is 0.112 bits per heavy atom. The van der Waals surface area contributed by atoms with Crippen molar-refractivity contribution in [1.29, 1.82) is 0 Å². The number of rotatable bonds is 9. The van der Waals surface area contributed by atoms with Gasteiger partial charge in [0.05, 0.1) is 77.6 Å². The molecule has 6 nitrogen and oxygen atoms in total. The summed E-state index contributed by atoms with van der Waals surface area (Å²) in [6, 6.07) is 155. The van der Waals surface area contributed by atoms with E-state index >= 15 is 0 Å². The van der Waals surface area contributed by atoms with Crippen molar-refractivity contribution in [2.75, 3.05) is 0 Å². The predicted molar refractivity (Wildman–Crippen MR) is 490 cm³/mol. The molecule has 19 aromatic carbocycles. The first-order valence-corrected chi connectivity index (χ1v) is 40.0. The Balaban J connectivity index is 0.000000133. The molecule has 540 valence electrons. The zero-order valence-corrected chi connectivity index (χ0v) is 63.1. The maximum atomic E-state index is 2.44. The van der Waals surface area contributed by atoms with Gasteiger partial charge in [0.2, 0.25) is 0 Å². The number of benzene rings is 19. The maximum absolute atomic E-state index is 2.44. The second-order valence-corrected chi connectivity index (χ2v) is 30.7. The lowest BCUT2D eigenvalue weighted by molar-refractivity contribution is 1.17. The maximum Gasteiger partial charge on any atom is 0.0542 e. The van der Waals surface area contributed by atoms with Crippen LogP contribution in [-0.2, 0) is 0 Å². The summed E-state index contributed by atoms with van der Waals surface area (Å²) >= 11 is 0. The van der Waals surface area contributed by atoms with Crippen LogP contribution in [0.15, 0.2) is 425 Å². The SMILES string of the molecule is c1ccc(-n2c3ccccc3c3cc(-c4ccc(-n5c6ccccc6c6cc(-c7ccc8c(c7)c7ccccc7n8-c7ccccc7)ccc65)cc4)ccc32)cc1.c1ccc2c(-n3c4ccccc4c4cc(-c5ccc6c(c5)c5ccccc5n6-c5ccc6c(c5)c5ccccc5n6-c5cccc6ccccc56)ccc43)cccc2c1. The Morgan fingerprint density at radius 2 is 0.328 bits per heavy atom. The Labute approximate surface area is 667 Å². The zero-order valence-electron chi connectivity index (χ0n) is 63.1. The molecule has 0 aliphatic rings. The van der Waals surface area contributed by atoms with E-state index in [4.69, 9.17) is 0 Å². The number of aromatic nitrogens is 6. The van der Waals surface area contributed by atoms with Crippen molar-refractivity contribution in [3.8, 4) is 67.5 Å². The topological polar surface area (TPSA) is 29.6 Å². The van der Waals surface area contributed by atoms with E-state index in [0.29, 0.717) is 0 Å². The van der Waals surface area contributed by atoms with Gasteiger partial charge in [-0.05, 0) is 208 Å². The van der Waals surface area contributed by atoms with Crippen molar-refractivity contribution in [3.63, 3.8) is 0 Å². The summed E-state index contributed by atoms with van der Waals surface area (Å²) in [5.74, 6) is 0. The molecule has 0 saturated heterocycles. The molecule has 0 bridgehead atoms. The quantitative estimate of drug-likeness (QED) is 0.138. The molecule has 0 aliphatic heterocycles. The van der Waals surface area contributed by atoms with Crippen molar-refractivity contribution in [2.45, 2.75) is 0 Å². The zero-order chi connectivity index (χ0) is 76.1. The molecule has 25 rings (SSSR count). The number of para-hydroxylation sites is 8. The Kier molecular flexibility index (Phi) is 14.7. The Morgan fingerprint density at radius 3 is 0.672 bits per heavy atom. The first kappa shape index (κ1) is 65.2. The van der Waals surface area contributed by atoms with Gasteiger partial charge in [0.15, 0.2) is 0 Å². The molecule has 6 heterocycles. The van der Waals surface area contributed by atoms with Crippen molar-refractivity contribution in [3.05, 3.63) is 425 Å². The lowest BCUT2D eigenvalue weighted by Crippen LogP contribution is -1.96. The van der Waals surface area contributed by atoms with Crippen LogP contribution in [0, 0.1) is 0 Å². The second-order valence-electron chi connectivity index (χ2n) is 30.7. The van der Waals surface area contributed by atoms with Crippen LogP contribution in [0.5, 0.6) is 0 Å². The first-order valence-electron chi connectivity index (χ1n) is 40.0. The summed E-state index contributed by atoms with van der Waals surface area (Å²) in [6.07, 6.45) is 0. The summed E-state index contributed by atoms with van der Waals surface area (Å²) in [5, 5.41) is 20.0. The van der Waals surface area contributed by atoms with E-state index in [2.05, 4.69) is 452 Å². The van der Waals surface area contributed by atoms with Crippen molar-refractivity contribution < 1.29 is 0 Å². The monoisotopic (exact) mass is 1470 g/mol. The van der Waals surface area contributed by atoms with Gasteiger partial charge in [-0.25, -0.2) is 0 Å². The van der Waals surface area contributed by atoms with Crippen LogP contribution < -0.4 is 0 Å². The minimum Gasteiger partial charge on any atom is -0.309 e. The molecule has 0 fully saturated rings. The molecule has 0 radical (unpaired) electrons. The highest BCUT2D eigenvalue weighted by Gasteiger charge is 2.23. The van der Waals surface area contributed by atoms with E-state index in [1.165, 1.54) is 209 Å². The molecule has 0 spiro atoms. The standard InChI is InChI=1S/C56H35N3.C54H35N3/c1-3-17-41-36(13-1)15-11-25-49(41)58-52-23-9-6-20-44(52)47-34-39(28-31-55(47)58)38-27-30-54-46(33-38)43-19-5-8-22-51(43)57(54)40-29-32-56-48(35-40)45-21-7-10-24-53(45)59(56)50-26-12-16-37-14-2-4-18-42(37)50;1-3-13-40(14-4-1)55-49-20-10-7-17-43(49)46-33-37(25-30-52(46)55)36-23-28-42(29-24-36)57-51-22-12-9-19-45(51)48-35-39(27-32-54(48)57)38-26-31-53-47(34-38)44-18-8-11-21-50(44)56(53)41-15-5-2-6-16-41/h1-35H;1-35H. The minimum absolute atomic E-state index is 1.15. The average Bonchev–Trinajstić information content (AvgIpc) is 1.57. The summed E-state index contributed by atoms with van der Waals surface area (Å²) in [5.41, 5.74) is 28.8. The normalized spacial score (nSPS) is 12.0. The summed E-state index contributed by atoms with van der Waals surface area (Å²) in [6.45, 7) is 0. The summed E-state index contributed by atoms with van der Waals surface area (Å²) in [7, 11) is 0. The lowest BCUT2D eigenvalue weighted by Gasteiger charge is -2.12. The molecule has 0 atom stereocenters. The highest BCUT2D eigenvalue weighted by molar-refractivity contribution is 6.18. The number of nitrogens with zero attached hydrogens (tertiary/aromatic N) is 6. The fourth-order valence-electron chi connectivity index (χ4n) is 19.3. The molecule has 6 aromatic heterocycles. The van der Waals surface area contributed by atoms with Gasteiger partial charge in [0.1, 0.15) is 0 Å².